The molecule has 3 N–H and O–H groups in total. The molecule has 6 nitrogen and oxygen atoms in total. The van der Waals surface area contributed by atoms with E-state index in [1.807, 2.05) is 20.8 Å². The van der Waals surface area contributed by atoms with Crippen molar-refractivity contribution in [2.24, 2.45) is 0 Å². The minimum absolute atomic E-state index is 0. The molecule has 0 heterocycles. The first-order valence-corrected chi connectivity index (χ1v) is 5.97. The van der Waals surface area contributed by atoms with Crippen LogP contribution in [0.4, 0.5) is 0 Å². The zero-order valence-electron chi connectivity index (χ0n) is 11.6. The number of rotatable bonds is 6. The largest absolute Gasteiger partial charge is 0.481 e. The van der Waals surface area contributed by atoms with Crippen LogP contribution in [0.3, 0.4) is 0 Å². The van der Waals surface area contributed by atoms with Gasteiger partial charge in [-0.15, -0.1) is 0 Å². The Morgan fingerprint density at radius 1 is 0.632 bits per heavy atom. The Hall–Kier alpha value is -0.941. The van der Waals surface area contributed by atoms with Crippen molar-refractivity contribution in [3.63, 3.8) is 0 Å². The Morgan fingerprint density at radius 3 is 0.789 bits per heavy atom. The van der Waals surface area contributed by atoms with E-state index < -0.39 is 17.9 Å². The molecule has 117 valence electrons. The van der Waals surface area contributed by atoms with Crippen LogP contribution < -0.4 is 0 Å². The molecule has 0 bridgehead atoms. The third-order valence-electron chi connectivity index (χ3n) is 1.39. The molecule has 0 unspecified atom stereocenters. The van der Waals surface area contributed by atoms with Crippen molar-refractivity contribution in [3.05, 3.63) is 0 Å². The van der Waals surface area contributed by atoms with Crippen LogP contribution in [-0.4, -0.2) is 33.2 Å². The summed E-state index contributed by atoms with van der Waals surface area (Å²) >= 11 is 0. The topological polar surface area (TPSA) is 112 Å². The molecule has 0 amide bonds. The van der Waals surface area contributed by atoms with Gasteiger partial charge in [0.1, 0.15) is 0 Å². The molecule has 0 spiro atoms. The van der Waals surface area contributed by atoms with E-state index in [-0.39, 0.29) is 20.1 Å². The molecule has 0 aromatic heterocycles. The van der Waals surface area contributed by atoms with Gasteiger partial charge >= 0.3 is 17.9 Å². The molecule has 19 heavy (non-hydrogen) atoms. The summed E-state index contributed by atoms with van der Waals surface area (Å²) in [6, 6.07) is 0. The number of carboxylic acids is 3. The molecule has 0 aliphatic carbocycles. The average molecular weight is 457 g/mol. The molecule has 0 atom stereocenters. The van der Waals surface area contributed by atoms with E-state index >= 15 is 0 Å². The minimum atomic E-state index is -0.711. The summed E-state index contributed by atoms with van der Waals surface area (Å²) < 4.78 is 0. The van der Waals surface area contributed by atoms with Gasteiger partial charge in [0.05, 0.1) is 0 Å². The molecule has 0 aromatic carbocycles. The first kappa shape index (κ1) is 26.6. The minimum Gasteiger partial charge on any atom is -0.481 e. The van der Waals surface area contributed by atoms with Crippen molar-refractivity contribution in [2.45, 2.75) is 59.3 Å². The van der Waals surface area contributed by atoms with Gasteiger partial charge in [0.2, 0.25) is 0 Å². The molecular weight excluding hydrogens is 432 g/mol. The van der Waals surface area contributed by atoms with E-state index in [1.54, 1.807) is 0 Å². The van der Waals surface area contributed by atoms with Crippen molar-refractivity contribution >= 4 is 17.9 Å². The Balaban J connectivity index is -0.0000000865. The second kappa shape index (κ2) is 22.3. The zero-order valence-corrected chi connectivity index (χ0v) is 14.0. The maximum Gasteiger partial charge on any atom is 0.303 e. The molecular formula is C12H24IrO6. The molecule has 1 radical (unpaired) electrons. The van der Waals surface area contributed by atoms with Gasteiger partial charge in [-0.3, -0.25) is 14.4 Å². The van der Waals surface area contributed by atoms with Crippen molar-refractivity contribution in [1.29, 1.82) is 0 Å². The second-order valence-electron chi connectivity index (χ2n) is 3.43. The van der Waals surface area contributed by atoms with Gasteiger partial charge in [0.15, 0.2) is 0 Å². The average Bonchev–Trinajstić information content (AvgIpc) is 2.18. The Bertz CT molecular complexity index is 192. The van der Waals surface area contributed by atoms with E-state index in [9.17, 15) is 14.4 Å². The van der Waals surface area contributed by atoms with E-state index in [0.29, 0.717) is 19.3 Å². The molecule has 0 aromatic rings. The van der Waals surface area contributed by atoms with Gasteiger partial charge in [-0.05, 0) is 19.3 Å². The van der Waals surface area contributed by atoms with Crippen LogP contribution in [0.1, 0.15) is 59.3 Å². The maximum atomic E-state index is 9.60. The van der Waals surface area contributed by atoms with Crippen LogP contribution >= 0.6 is 0 Å². The van der Waals surface area contributed by atoms with E-state index in [0.717, 1.165) is 19.3 Å². The summed E-state index contributed by atoms with van der Waals surface area (Å²) in [5, 5.41) is 23.7. The first-order chi connectivity index (χ1) is 8.31. The maximum absolute atomic E-state index is 9.60. The summed E-state index contributed by atoms with van der Waals surface area (Å²) in [7, 11) is 0. The molecule has 7 heteroatoms. The summed E-state index contributed by atoms with van der Waals surface area (Å²) in [6.07, 6.45) is 3.07. The number of hydrogen-bond acceptors (Lipinski definition) is 3. The molecule has 0 rings (SSSR count). The predicted molar refractivity (Wildman–Crippen MR) is 67.6 cm³/mol. The van der Waals surface area contributed by atoms with E-state index in [1.165, 1.54) is 0 Å². The second-order valence-corrected chi connectivity index (χ2v) is 3.43. The van der Waals surface area contributed by atoms with Crippen LogP contribution in [0.2, 0.25) is 0 Å². The van der Waals surface area contributed by atoms with Crippen LogP contribution in [-0.2, 0) is 34.5 Å². The molecule has 0 fully saturated rings. The van der Waals surface area contributed by atoms with Crippen LogP contribution in [0, 0.1) is 0 Å². The third-order valence-corrected chi connectivity index (χ3v) is 1.39. The first-order valence-electron chi connectivity index (χ1n) is 5.97. The van der Waals surface area contributed by atoms with Crippen molar-refractivity contribution < 1.29 is 49.8 Å². The fourth-order valence-corrected chi connectivity index (χ4v) is 0.642. The molecule has 0 aliphatic rings. The molecule has 0 aliphatic heterocycles. The third kappa shape index (κ3) is 59.6. The summed E-state index contributed by atoms with van der Waals surface area (Å²) in [4.78, 5) is 28.8. The van der Waals surface area contributed by atoms with Gasteiger partial charge in [0.25, 0.3) is 0 Å². The van der Waals surface area contributed by atoms with Crippen LogP contribution in [0.25, 0.3) is 0 Å². The summed E-state index contributed by atoms with van der Waals surface area (Å²) in [5.74, 6) is -2.13. The summed E-state index contributed by atoms with van der Waals surface area (Å²) in [6.45, 7) is 5.52. The normalized spacial score (nSPS) is 7.74. The predicted octanol–water partition coefficient (Wildman–Crippen LogP) is 2.61. The molecule has 0 saturated heterocycles. The smallest absolute Gasteiger partial charge is 0.303 e. The standard InChI is InChI=1S/3C4H8O2.Ir/c3*1-2-3-4(5)6;/h3*2-3H2,1H3,(H,5,6);. The van der Waals surface area contributed by atoms with Gasteiger partial charge in [-0.25, -0.2) is 0 Å². The fraction of sp³-hybridized carbons (Fsp3) is 0.750. The number of hydrogen-bond donors (Lipinski definition) is 3. The molecule has 0 saturated carbocycles. The quantitative estimate of drug-likeness (QED) is 0.567. The number of aliphatic carboxylic acids is 3. The Morgan fingerprint density at radius 2 is 0.789 bits per heavy atom. The van der Waals surface area contributed by atoms with E-state index in [2.05, 4.69) is 0 Å². The monoisotopic (exact) mass is 457 g/mol. The number of carboxylic acid groups (broad SMARTS) is 3. The number of carbonyl (C=O) groups is 3. The van der Waals surface area contributed by atoms with Gasteiger partial charge < -0.3 is 15.3 Å². The van der Waals surface area contributed by atoms with Crippen LogP contribution in [0.5, 0.6) is 0 Å². The van der Waals surface area contributed by atoms with Crippen molar-refractivity contribution in [3.8, 4) is 0 Å². The van der Waals surface area contributed by atoms with Gasteiger partial charge in [-0.1, -0.05) is 20.8 Å². The Labute approximate surface area is 127 Å². The van der Waals surface area contributed by atoms with Gasteiger partial charge in [0, 0.05) is 39.4 Å². The summed E-state index contributed by atoms with van der Waals surface area (Å²) in [5.41, 5.74) is 0. The zero-order chi connectivity index (χ0) is 15.0. The van der Waals surface area contributed by atoms with Crippen molar-refractivity contribution in [2.75, 3.05) is 0 Å². The SMILES string of the molecule is CCCC(=O)O.CCCC(=O)O.CCCC(=O)O.[Ir]. The van der Waals surface area contributed by atoms with Crippen molar-refractivity contribution in [1.82, 2.24) is 0 Å². The van der Waals surface area contributed by atoms with Crippen LogP contribution in [0.15, 0.2) is 0 Å². The van der Waals surface area contributed by atoms with E-state index in [4.69, 9.17) is 15.3 Å². The Kier molecular flexibility index (Phi) is 31.1. The fourth-order valence-electron chi connectivity index (χ4n) is 0.642. The van der Waals surface area contributed by atoms with Gasteiger partial charge in [-0.2, -0.15) is 0 Å².